The number of benzene rings is 1. The number of carbonyl (C=O) groups is 1. The molecular formula is C15H21NO3. The van der Waals surface area contributed by atoms with Crippen molar-refractivity contribution in [2.24, 2.45) is 0 Å². The van der Waals surface area contributed by atoms with E-state index >= 15 is 0 Å². The molecule has 104 valence electrons. The molecule has 1 fully saturated rings. The van der Waals surface area contributed by atoms with Crippen LogP contribution >= 0.6 is 0 Å². The van der Waals surface area contributed by atoms with Gasteiger partial charge in [0, 0.05) is 13.2 Å². The van der Waals surface area contributed by atoms with Crippen LogP contribution in [0.25, 0.3) is 0 Å². The van der Waals surface area contributed by atoms with Gasteiger partial charge in [-0.3, -0.25) is 0 Å². The molecule has 0 unspecified atom stereocenters. The molecule has 4 heteroatoms. The van der Waals surface area contributed by atoms with Gasteiger partial charge in [0.05, 0.1) is 12.2 Å². The summed E-state index contributed by atoms with van der Waals surface area (Å²) in [6.45, 7) is 4.57. The Kier molecular flexibility index (Phi) is 5.36. The van der Waals surface area contributed by atoms with E-state index in [9.17, 15) is 4.79 Å². The highest BCUT2D eigenvalue weighted by molar-refractivity contribution is 5.89. The van der Waals surface area contributed by atoms with Crippen molar-refractivity contribution in [2.45, 2.75) is 25.9 Å². The quantitative estimate of drug-likeness (QED) is 0.767. The number of aromatic carboxylic acids is 1. The first kappa shape index (κ1) is 14.0. The topological polar surface area (TPSA) is 49.8 Å². The molecule has 0 radical (unpaired) electrons. The third kappa shape index (κ3) is 4.33. The maximum Gasteiger partial charge on any atom is 0.336 e. The van der Waals surface area contributed by atoms with Gasteiger partial charge in [-0.05, 0) is 44.0 Å². The number of carboxylic acids is 1. The molecule has 1 aromatic carbocycles. The van der Waals surface area contributed by atoms with Crippen molar-refractivity contribution >= 4 is 5.97 Å². The van der Waals surface area contributed by atoms with Crippen LogP contribution in [0.4, 0.5) is 0 Å². The van der Waals surface area contributed by atoms with E-state index in [2.05, 4.69) is 4.90 Å². The molecule has 1 N–H and O–H groups in total. The molecule has 0 atom stereocenters. The summed E-state index contributed by atoms with van der Waals surface area (Å²) < 4.78 is 5.58. The van der Waals surface area contributed by atoms with Gasteiger partial charge in [0.2, 0.25) is 0 Å². The molecule has 0 bridgehead atoms. The number of rotatable bonds is 7. The predicted octanol–water partition coefficient (Wildman–Crippen LogP) is 2.39. The van der Waals surface area contributed by atoms with Gasteiger partial charge in [0.15, 0.2) is 0 Å². The highest BCUT2D eigenvalue weighted by atomic mass is 16.5. The highest BCUT2D eigenvalue weighted by Crippen LogP contribution is 2.11. The van der Waals surface area contributed by atoms with E-state index in [1.54, 1.807) is 12.1 Å². The molecule has 1 aliphatic rings. The van der Waals surface area contributed by atoms with Gasteiger partial charge in [0.25, 0.3) is 0 Å². The molecule has 1 aliphatic heterocycles. The fourth-order valence-electron chi connectivity index (χ4n) is 2.43. The maximum absolute atomic E-state index is 11.0. The summed E-state index contributed by atoms with van der Waals surface area (Å²) in [5.74, 6) is -0.892. The standard InChI is InChI=1S/C15H21NO3/c17-15(18)14-7-2-1-6-13(14)12-19-11-5-10-16-8-3-4-9-16/h1-2,6-7H,3-5,8-12H2,(H,17,18). The Balaban J connectivity index is 1.69. The fourth-order valence-corrected chi connectivity index (χ4v) is 2.43. The van der Waals surface area contributed by atoms with Gasteiger partial charge in [-0.1, -0.05) is 18.2 Å². The molecule has 1 aromatic rings. The van der Waals surface area contributed by atoms with Crippen LogP contribution in [0.2, 0.25) is 0 Å². The van der Waals surface area contributed by atoms with Crippen LogP contribution in [0, 0.1) is 0 Å². The molecular weight excluding hydrogens is 242 g/mol. The van der Waals surface area contributed by atoms with Gasteiger partial charge in [-0.2, -0.15) is 0 Å². The Morgan fingerprint density at radius 2 is 2.00 bits per heavy atom. The lowest BCUT2D eigenvalue weighted by atomic mass is 10.1. The second-order valence-electron chi connectivity index (χ2n) is 4.92. The number of hydrogen-bond donors (Lipinski definition) is 1. The molecule has 0 aromatic heterocycles. The number of carboxylic acid groups (broad SMARTS) is 1. The van der Waals surface area contributed by atoms with Crippen molar-refractivity contribution < 1.29 is 14.6 Å². The van der Waals surface area contributed by atoms with E-state index < -0.39 is 5.97 Å². The van der Waals surface area contributed by atoms with Gasteiger partial charge in [-0.25, -0.2) is 4.79 Å². The van der Waals surface area contributed by atoms with Crippen LogP contribution in [-0.4, -0.2) is 42.2 Å². The zero-order valence-corrected chi connectivity index (χ0v) is 11.2. The van der Waals surface area contributed by atoms with Crippen molar-refractivity contribution in [3.8, 4) is 0 Å². The smallest absolute Gasteiger partial charge is 0.336 e. The van der Waals surface area contributed by atoms with Crippen LogP contribution in [0.3, 0.4) is 0 Å². The third-order valence-electron chi connectivity index (χ3n) is 3.47. The molecule has 2 rings (SSSR count). The maximum atomic E-state index is 11.0. The van der Waals surface area contributed by atoms with E-state index in [4.69, 9.17) is 9.84 Å². The molecule has 0 spiro atoms. The van der Waals surface area contributed by atoms with E-state index in [0.29, 0.717) is 18.8 Å². The largest absolute Gasteiger partial charge is 0.478 e. The minimum atomic E-state index is -0.892. The zero-order valence-electron chi connectivity index (χ0n) is 11.2. The lowest BCUT2D eigenvalue weighted by Gasteiger charge is -2.14. The van der Waals surface area contributed by atoms with Crippen LogP contribution in [0.15, 0.2) is 24.3 Å². The first-order valence-corrected chi connectivity index (χ1v) is 6.88. The molecule has 1 heterocycles. The summed E-state index contributed by atoms with van der Waals surface area (Å²) in [4.78, 5) is 13.5. The van der Waals surface area contributed by atoms with Crippen LogP contribution < -0.4 is 0 Å². The first-order chi connectivity index (χ1) is 9.27. The molecule has 19 heavy (non-hydrogen) atoms. The van der Waals surface area contributed by atoms with Crippen molar-refractivity contribution in [3.05, 3.63) is 35.4 Å². The average Bonchev–Trinajstić information content (AvgIpc) is 2.92. The van der Waals surface area contributed by atoms with E-state index in [0.717, 1.165) is 18.5 Å². The van der Waals surface area contributed by atoms with E-state index in [1.165, 1.54) is 25.9 Å². The number of hydrogen-bond acceptors (Lipinski definition) is 3. The lowest BCUT2D eigenvalue weighted by Crippen LogP contribution is -2.21. The van der Waals surface area contributed by atoms with Gasteiger partial charge >= 0.3 is 5.97 Å². The monoisotopic (exact) mass is 263 g/mol. The minimum absolute atomic E-state index is 0.335. The summed E-state index contributed by atoms with van der Waals surface area (Å²) >= 11 is 0. The van der Waals surface area contributed by atoms with E-state index in [1.807, 2.05) is 12.1 Å². The minimum Gasteiger partial charge on any atom is -0.478 e. The Morgan fingerprint density at radius 1 is 1.26 bits per heavy atom. The second kappa shape index (κ2) is 7.26. The SMILES string of the molecule is O=C(O)c1ccccc1COCCCN1CCCC1. The average molecular weight is 263 g/mol. The molecule has 4 nitrogen and oxygen atoms in total. The zero-order chi connectivity index (χ0) is 13.5. The van der Waals surface area contributed by atoms with Crippen molar-refractivity contribution in [1.29, 1.82) is 0 Å². The van der Waals surface area contributed by atoms with Crippen LogP contribution in [0.1, 0.15) is 35.2 Å². The molecule has 0 amide bonds. The second-order valence-corrected chi connectivity index (χ2v) is 4.92. The Labute approximate surface area is 114 Å². The Morgan fingerprint density at radius 3 is 2.74 bits per heavy atom. The highest BCUT2D eigenvalue weighted by Gasteiger charge is 2.11. The molecule has 0 saturated carbocycles. The van der Waals surface area contributed by atoms with E-state index in [-0.39, 0.29) is 0 Å². The molecule has 0 aliphatic carbocycles. The third-order valence-corrected chi connectivity index (χ3v) is 3.47. The predicted molar refractivity (Wildman–Crippen MR) is 73.3 cm³/mol. The summed E-state index contributed by atoms with van der Waals surface area (Å²) in [6.07, 6.45) is 3.63. The summed E-state index contributed by atoms with van der Waals surface area (Å²) in [5, 5.41) is 9.05. The lowest BCUT2D eigenvalue weighted by molar-refractivity contribution is 0.0686. The van der Waals surface area contributed by atoms with Crippen LogP contribution in [-0.2, 0) is 11.3 Å². The van der Waals surface area contributed by atoms with Gasteiger partial charge < -0.3 is 14.7 Å². The number of ether oxygens (including phenoxy) is 1. The van der Waals surface area contributed by atoms with Crippen molar-refractivity contribution in [1.82, 2.24) is 4.90 Å². The summed E-state index contributed by atoms with van der Waals surface area (Å²) in [7, 11) is 0. The van der Waals surface area contributed by atoms with Crippen molar-refractivity contribution in [3.63, 3.8) is 0 Å². The normalized spacial score (nSPS) is 15.8. The Bertz CT molecular complexity index is 414. The van der Waals surface area contributed by atoms with Gasteiger partial charge in [-0.15, -0.1) is 0 Å². The number of nitrogens with zero attached hydrogens (tertiary/aromatic N) is 1. The number of likely N-dealkylation sites (tertiary alicyclic amines) is 1. The fraction of sp³-hybridized carbons (Fsp3) is 0.533. The van der Waals surface area contributed by atoms with Gasteiger partial charge in [0.1, 0.15) is 0 Å². The first-order valence-electron chi connectivity index (χ1n) is 6.88. The summed E-state index contributed by atoms with van der Waals surface area (Å²) in [5.41, 5.74) is 1.08. The van der Waals surface area contributed by atoms with Crippen molar-refractivity contribution in [2.75, 3.05) is 26.2 Å². The molecule has 1 saturated heterocycles. The Hall–Kier alpha value is -1.39. The van der Waals surface area contributed by atoms with Crippen LogP contribution in [0.5, 0.6) is 0 Å². The summed E-state index contributed by atoms with van der Waals surface area (Å²) in [6, 6.07) is 7.00.